The summed E-state index contributed by atoms with van der Waals surface area (Å²) < 4.78 is 0. The Balaban J connectivity index is 1.58. The molecule has 0 aromatic heterocycles. The molecule has 0 aliphatic carbocycles. The molecule has 2 aliphatic heterocycles. The van der Waals surface area contributed by atoms with E-state index in [9.17, 15) is 14.4 Å². The van der Waals surface area contributed by atoms with Crippen molar-refractivity contribution in [2.45, 2.75) is 32.9 Å². The number of carbonyl (C=O) groups is 3. The van der Waals surface area contributed by atoms with Gasteiger partial charge in [0.05, 0.1) is 5.88 Å². The molecule has 140 valence electrons. The average molecular weight is 375 g/mol. The van der Waals surface area contributed by atoms with Gasteiger partial charge in [-0.3, -0.25) is 14.4 Å². The summed E-state index contributed by atoms with van der Waals surface area (Å²) in [5.74, 6) is 1.79. The second-order valence-electron chi connectivity index (χ2n) is 7.21. The minimum absolute atomic E-state index is 0.0146. The summed E-state index contributed by atoms with van der Waals surface area (Å²) in [4.78, 5) is 40.2. The van der Waals surface area contributed by atoms with Crippen LogP contribution < -0.4 is 5.32 Å². The topological polar surface area (TPSA) is 69.7 Å². The van der Waals surface area contributed by atoms with Gasteiger partial charge in [-0.25, -0.2) is 0 Å². The van der Waals surface area contributed by atoms with E-state index < -0.39 is 0 Å². The van der Waals surface area contributed by atoms with E-state index >= 15 is 0 Å². The van der Waals surface area contributed by atoms with Crippen molar-refractivity contribution < 1.29 is 14.4 Å². The molecule has 0 unspecified atom stereocenters. The Kier molecular flexibility index (Phi) is 5.86. The number of carbonyl (C=O) groups excluding carboxylic acids is 3. The summed E-state index contributed by atoms with van der Waals surface area (Å²) in [6.45, 7) is 5.44. The van der Waals surface area contributed by atoms with Gasteiger partial charge in [0.1, 0.15) is 12.6 Å². The van der Waals surface area contributed by atoms with Crippen LogP contribution in [0.25, 0.3) is 0 Å². The number of amides is 3. The predicted molar refractivity (Wildman–Crippen MR) is 102 cm³/mol. The first-order chi connectivity index (χ1) is 12.5. The van der Waals surface area contributed by atoms with Crippen molar-refractivity contribution >= 4 is 29.5 Å². The lowest BCUT2D eigenvalue weighted by atomic mass is 10.1. The van der Waals surface area contributed by atoms with Crippen LogP contribution in [0, 0.1) is 5.92 Å². The summed E-state index contributed by atoms with van der Waals surface area (Å²) in [5.41, 5.74) is 1.53. The van der Waals surface area contributed by atoms with Gasteiger partial charge in [-0.05, 0) is 30.0 Å². The number of hydrogen-bond donors (Lipinski definition) is 1. The van der Waals surface area contributed by atoms with Crippen LogP contribution in [0.2, 0.25) is 0 Å². The summed E-state index contributed by atoms with van der Waals surface area (Å²) in [6, 6.07) is 6.94. The average Bonchev–Trinajstić information content (AvgIpc) is 3.10. The molecular weight excluding hydrogens is 350 g/mol. The minimum atomic E-state index is -0.313. The number of rotatable bonds is 6. The van der Waals surface area contributed by atoms with Crippen LogP contribution in [0.3, 0.4) is 0 Å². The monoisotopic (exact) mass is 375 g/mol. The van der Waals surface area contributed by atoms with Crippen LogP contribution in [0.1, 0.15) is 36.2 Å². The number of nitrogens with one attached hydrogen (secondary N) is 1. The summed E-state index contributed by atoms with van der Waals surface area (Å²) in [5, 5.41) is 2.91. The number of piperazine rings is 1. The first-order valence-electron chi connectivity index (χ1n) is 8.99. The number of nitrogens with zero attached hydrogens (tertiary/aromatic N) is 2. The van der Waals surface area contributed by atoms with Gasteiger partial charge < -0.3 is 15.1 Å². The molecule has 3 rings (SSSR count). The van der Waals surface area contributed by atoms with Crippen molar-refractivity contribution in [3.63, 3.8) is 0 Å². The Hall–Kier alpha value is -2.02. The van der Waals surface area contributed by atoms with E-state index in [0.29, 0.717) is 36.2 Å². The van der Waals surface area contributed by atoms with Crippen molar-refractivity contribution in [3.8, 4) is 0 Å². The molecule has 2 saturated heterocycles. The van der Waals surface area contributed by atoms with E-state index in [1.165, 1.54) is 0 Å². The van der Waals surface area contributed by atoms with Gasteiger partial charge in [0.25, 0.3) is 5.91 Å². The maximum atomic E-state index is 12.6. The molecule has 1 N–H and O–H groups in total. The Bertz CT molecular complexity index is 690. The molecular formula is C19H25N3O3S. The zero-order valence-corrected chi connectivity index (χ0v) is 16.1. The highest BCUT2D eigenvalue weighted by molar-refractivity contribution is 7.99. The van der Waals surface area contributed by atoms with E-state index in [1.807, 2.05) is 12.1 Å². The highest BCUT2D eigenvalue weighted by Crippen LogP contribution is 2.26. The largest absolute Gasteiger partial charge is 0.352 e. The number of hydrogen-bond acceptors (Lipinski definition) is 4. The lowest BCUT2D eigenvalue weighted by Crippen LogP contribution is -2.57. The zero-order chi connectivity index (χ0) is 18.7. The van der Waals surface area contributed by atoms with Crippen LogP contribution >= 0.6 is 11.8 Å². The smallest absolute Gasteiger partial charge is 0.251 e. The van der Waals surface area contributed by atoms with Crippen LogP contribution in [0.15, 0.2) is 24.3 Å². The Morgan fingerprint density at radius 1 is 1.27 bits per heavy atom. The molecule has 7 heteroatoms. The SMILES string of the molecule is CC(C)CCNC(=O)c1ccc(CN2CC(=O)N3CSC[C@@H]3C2=O)cc1. The molecule has 26 heavy (non-hydrogen) atoms. The van der Waals surface area contributed by atoms with Crippen LogP contribution in [0.5, 0.6) is 0 Å². The highest BCUT2D eigenvalue weighted by Gasteiger charge is 2.42. The number of benzene rings is 1. The Morgan fingerprint density at radius 2 is 2.00 bits per heavy atom. The third-order valence-corrected chi connectivity index (χ3v) is 5.73. The van der Waals surface area contributed by atoms with Crippen molar-refractivity contribution in [2.75, 3.05) is 24.7 Å². The summed E-state index contributed by atoms with van der Waals surface area (Å²) >= 11 is 1.62. The molecule has 2 fully saturated rings. The third kappa shape index (κ3) is 4.20. The second kappa shape index (κ2) is 8.12. The molecule has 2 aliphatic rings. The molecule has 6 nitrogen and oxygen atoms in total. The molecule has 0 radical (unpaired) electrons. The van der Waals surface area contributed by atoms with Gasteiger partial charge in [0.2, 0.25) is 11.8 Å². The van der Waals surface area contributed by atoms with Crippen LogP contribution in [-0.2, 0) is 16.1 Å². The van der Waals surface area contributed by atoms with Gasteiger partial charge in [-0.15, -0.1) is 11.8 Å². The maximum Gasteiger partial charge on any atom is 0.251 e. The highest BCUT2D eigenvalue weighted by atomic mass is 32.2. The molecule has 0 saturated carbocycles. The van der Waals surface area contributed by atoms with E-state index in [4.69, 9.17) is 0 Å². The van der Waals surface area contributed by atoms with Crippen molar-refractivity contribution in [3.05, 3.63) is 35.4 Å². The minimum Gasteiger partial charge on any atom is -0.352 e. The van der Waals surface area contributed by atoms with E-state index in [2.05, 4.69) is 19.2 Å². The number of thioether (sulfide) groups is 1. The maximum absolute atomic E-state index is 12.6. The second-order valence-corrected chi connectivity index (χ2v) is 8.21. The Morgan fingerprint density at radius 3 is 2.69 bits per heavy atom. The first-order valence-corrected chi connectivity index (χ1v) is 10.1. The molecule has 2 heterocycles. The zero-order valence-electron chi connectivity index (χ0n) is 15.2. The van der Waals surface area contributed by atoms with Gasteiger partial charge in [0, 0.05) is 24.4 Å². The lowest BCUT2D eigenvalue weighted by Gasteiger charge is -2.35. The molecule has 1 atom stereocenters. The lowest BCUT2D eigenvalue weighted by molar-refractivity contribution is -0.153. The Labute approximate surface area is 158 Å². The van der Waals surface area contributed by atoms with Gasteiger partial charge in [-0.2, -0.15) is 0 Å². The molecule has 3 amide bonds. The van der Waals surface area contributed by atoms with E-state index in [1.54, 1.807) is 33.7 Å². The van der Waals surface area contributed by atoms with Gasteiger partial charge in [-0.1, -0.05) is 26.0 Å². The summed E-state index contributed by atoms with van der Waals surface area (Å²) in [7, 11) is 0. The van der Waals surface area contributed by atoms with Crippen LogP contribution in [0.4, 0.5) is 0 Å². The molecule has 0 bridgehead atoms. The van der Waals surface area contributed by atoms with E-state index in [-0.39, 0.29) is 30.3 Å². The van der Waals surface area contributed by atoms with Crippen molar-refractivity contribution in [1.29, 1.82) is 0 Å². The molecule has 1 aromatic carbocycles. The molecule has 0 spiro atoms. The van der Waals surface area contributed by atoms with Crippen molar-refractivity contribution in [2.24, 2.45) is 5.92 Å². The fraction of sp³-hybridized carbons (Fsp3) is 0.526. The quantitative estimate of drug-likeness (QED) is 0.822. The fourth-order valence-corrected chi connectivity index (χ4v) is 4.30. The van der Waals surface area contributed by atoms with Crippen molar-refractivity contribution in [1.82, 2.24) is 15.1 Å². The van der Waals surface area contributed by atoms with E-state index in [0.717, 1.165) is 12.0 Å². The number of fused-ring (bicyclic) bond motifs is 1. The van der Waals surface area contributed by atoms with Gasteiger partial charge in [0.15, 0.2) is 0 Å². The fourth-order valence-electron chi connectivity index (χ4n) is 3.13. The van der Waals surface area contributed by atoms with Crippen LogP contribution in [-0.4, -0.2) is 58.3 Å². The molecule has 1 aromatic rings. The standard InChI is InChI=1S/C19H25N3O3S/c1-13(2)7-8-20-18(24)15-5-3-14(4-6-15)9-21-10-17(23)22-12-26-11-16(22)19(21)25/h3-6,13,16H,7-12H2,1-2H3,(H,20,24)/t16-/m1/s1. The summed E-state index contributed by atoms with van der Waals surface area (Å²) in [6.07, 6.45) is 0.950. The first kappa shape index (κ1) is 18.8. The predicted octanol–water partition coefficient (Wildman–Crippen LogP) is 1.71. The third-order valence-electron chi connectivity index (χ3n) is 4.72. The normalized spacial score (nSPS) is 19.9. The van der Waals surface area contributed by atoms with Gasteiger partial charge >= 0.3 is 0 Å².